The van der Waals surface area contributed by atoms with E-state index in [9.17, 15) is 10.1 Å². The molecule has 5 heteroatoms. The molecule has 5 nitrogen and oxygen atoms in total. The van der Waals surface area contributed by atoms with Crippen LogP contribution in [-0.4, -0.2) is 25.6 Å². The maximum Gasteiger partial charge on any atom is 0.216 e. The smallest absolute Gasteiger partial charge is 0.216 e. The minimum atomic E-state index is -0.368. The molecular formula is C16H23N3O2. The van der Waals surface area contributed by atoms with Gasteiger partial charge < -0.3 is 10.1 Å². The molecule has 114 valence electrons. The highest BCUT2D eigenvalue weighted by Gasteiger charge is 2.10. The third-order valence-corrected chi connectivity index (χ3v) is 2.87. The highest BCUT2D eigenvalue weighted by atomic mass is 16.5. The van der Waals surface area contributed by atoms with Crippen LogP contribution in [0.15, 0.2) is 24.3 Å². The zero-order valence-electron chi connectivity index (χ0n) is 12.7. The second kappa shape index (κ2) is 9.78. The van der Waals surface area contributed by atoms with Gasteiger partial charge in [0, 0.05) is 13.5 Å². The number of ether oxygens (including phenoxy) is 1. The Morgan fingerprint density at radius 2 is 2.24 bits per heavy atom. The number of nitrogens with one attached hydrogen (secondary N) is 2. The third kappa shape index (κ3) is 6.77. The first-order chi connectivity index (χ1) is 10.2. The van der Waals surface area contributed by atoms with Crippen molar-refractivity contribution in [3.05, 3.63) is 29.8 Å². The number of nitrogens with zero attached hydrogens (tertiary/aromatic N) is 1. The van der Waals surface area contributed by atoms with Gasteiger partial charge in [-0.15, -0.1) is 0 Å². The molecule has 0 aliphatic heterocycles. The van der Waals surface area contributed by atoms with Gasteiger partial charge in [-0.3, -0.25) is 10.1 Å². The molecule has 0 spiro atoms. The quantitative estimate of drug-likeness (QED) is 0.683. The van der Waals surface area contributed by atoms with Crippen molar-refractivity contribution in [3.8, 4) is 11.8 Å². The minimum Gasteiger partial charge on any atom is -0.494 e. The fourth-order valence-corrected chi connectivity index (χ4v) is 1.84. The zero-order valence-corrected chi connectivity index (χ0v) is 12.7. The molecule has 0 saturated carbocycles. The topological polar surface area (TPSA) is 74.2 Å². The standard InChI is InChI=1S/C16H23N3O2/c1-3-10-21-15-7-4-6-14(11-15)16(12-17)19-9-5-8-18-13(2)20/h4,6-7,11,16,19H,3,5,8-10H2,1-2H3,(H,18,20). The Hall–Kier alpha value is -2.06. The molecule has 1 aromatic rings. The van der Waals surface area contributed by atoms with Gasteiger partial charge in [0.1, 0.15) is 11.8 Å². The van der Waals surface area contributed by atoms with Crippen molar-refractivity contribution in [3.63, 3.8) is 0 Å². The van der Waals surface area contributed by atoms with E-state index in [1.165, 1.54) is 6.92 Å². The number of benzene rings is 1. The predicted octanol–water partition coefficient (Wildman–Crippen LogP) is 2.16. The first-order valence-electron chi connectivity index (χ1n) is 7.27. The summed E-state index contributed by atoms with van der Waals surface area (Å²) in [5, 5.41) is 15.2. The van der Waals surface area contributed by atoms with E-state index in [4.69, 9.17) is 4.74 Å². The maximum absolute atomic E-state index is 10.7. The Morgan fingerprint density at radius 1 is 1.43 bits per heavy atom. The fraction of sp³-hybridized carbons (Fsp3) is 0.500. The molecule has 1 rings (SSSR count). The normalized spacial score (nSPS) is 11.5. The van der Waals surface area contributed by atoms with Gasteiger partial charge in [-0.1, -0.05) is 19.1 Å². The van der Waals surface area contributed by atoms with Gasteiger partial charge in [-0.2, -0.15) is 5.26 Å². The van der Waals surface area contributed by atoms with Crippen LogP contribution in [0, 0.1) is 11.3 Å². The Bertz CT molecular complexity index is 483. The number of hydrogen-bond donors (Lipinski definition) is 2. The molecule has 1 atom stereocenters. The summed E-state index contributed by atoms with van der Waals surface area (Å²) in [5.74, 6) is 0.752. The average molecular weight is 289 g/mol. The summed E-state index contributed by atoms with van der Waals surface area (Å²) < 4.78 is 5.58. The van der Waals surface area contributed by atoms with Crippen LogP contribution in [0.1, 0.15) is 38.3 Å². The zero-order chi connectivity index (χ0) is 15.5. The van der Waals surface area contributed by atoms with Crippen molar-refractivity contribution < 1.29 is 9.53 Å². The van der Waals surface area contributed by atoms with Crippen LogP contribution in [0.2, 0.25) is 0 Å². The summed E-state index contributed by atoms with van der Waals surface area (Å²) in [5.41, 5.74) is 0.894. The molecule has 21 heavy (non-hydrogen) atoms. The molecule has 0 fully saturated rings. The fourth-order valence-electron chi connectivity index (χ4n) is 1.84. The number of carbonyl (C=O) groups is 1. The number of hydrogen-bond acceptors (Lipinski definition) is 4. The van der Waals surface area contributed by atoms with E-state index >= 15 is 0 Å². The maximum atomic E-state index is 10.7. The average Bonchev–Trinajstić information content (AvgIpc) is 2.49. The van der Waals surface area contributed by atoms with Crippen LogP contribution in [-0.2, 0) is 4.79 Å². The van der Waals surface area contributed by atoms with Gasteiger partial charge in [0.05, 0.1) is 12.7 Å². The Kier molecular flexibility index (Phi) is 7.92. The molecule has 1 unspecified atom stereocenters. The molecule has 0 radical (unpaired) electrons. The Morgan fingerprint density at radius 3 is 2.90 bits per heavy atom. The van der Waals surface area contributed by atoms with E-state index in [1.54, 1.807) is 0 Å². The molecular weight excluding hydrogens is 266 g/mol. The van der Waals surface area contributed by atoms with Gasteiger partial charge in [-0.05, 0) is 37.1 Å². The first-order valence-corrected chi connectivity index (χ1v) is 7.27. The molecule has 0 saturated heterocycles. The third-order valence-electron chi connectivity index (χ3n) is 2.87. The molecule has 0 heterocycles. The summed E-state index contributed by atoms with van der Waals surface area (Å²) >= 11 is 0. The van der Waals surface area contributed by atoms with E-state index in [0.717, 1.165) is 24.2 Å². The van der Waals surface area contributed by atoms with Crippen LogP contribution in [0.25, 0.3) is 0 Å². The summed E-state index contributed by atoms with van der Waals surface area (Å²) in [6.45, 7) is 5.50. The van der Waals surface area contributed by atoms with Crippen molar-refractivity contribution in [2.24, 2.45) is 0 Å². The SMILES string of the molecule is CCCOc1cccc(C(C#N)NCCCNC(C)=O)c1. The first kappa shape index (κ1) is 17.0. The van der Waals surface area contributed by atoms with Crippen molar-refractivity contribution in [1.82, 2.24) is 10.6 Å². The van der Waals surface area contributed by atoms with Crippen molar-refractivity contribution in [1.29, 1.82) is 5.26 Å². The van der Waals surface area contributed by atoms with Gasteiger partial charge in [0.2, 0.25) is 5.91 Å². The van der Waals surface area contributed by atoms with E-state index in [0.29, 0.717) is 19.7 Å². The molecule has 1 aromatic carbocycles. The van der Waals surface area contributed by atoms with E-state index in [2.05, 4.69) is 23.6 Å². The highest BCUT2D eigenvalue weighted by Crippen LogP contribution is 2.19. The number of carbonyl (C=O) groups excluding carboxylic acids is 1. The number of rotatable bonds is 9. The highest BCUT2D eigenvalue weighted by molar-refractivity contribution is 5.72. The van der Waals surface area contributed by atoms with Gasteiger partial charge in [0.15, 0.2) is 0 Å². The van der Waals surface area contributed by atoms with Gasteiger partial charge >= 0.3 is 0 Å². The molecule has 2 N–H and O–H groups in total. The second-order valence-corrected chi connectivity index (χ2v) is 4.77. The molecule has 0 aliphatic carbocycles. The predicted molar refractivity (Wildman–Crippen MR) is 81.9 cm³/mol. The van der Waals surface area contributed by atoms with Gasteiger partial charge in [0.25, 0.3) is 0 Å². The van der Waals surface area contributed by atoms with Crippen molar-refractivity contribution in [2.75, 3.05) is 19.7 Å². The monoisotopic (exact) mass is 289 g/mol. The molecule has 0 aromatic heterocycles. The van der Waals surface area contributed by atoms with E-state index < -0.39 is 0 Å². The summed E-state index contributed by atoms with van der Waals surface area (Å²) in [7, 11) is 0. The lowest BCUT2D eigenvalue weighted by atomic mass is 10.1. The van der Waals surface area contributed by atoms with E-state index in [1.807, 2.05) is 24.3 Å². The largest absolute Gasteiger partial charge is 0.494 e. The second-order valence-electron chi connectivity index (χ2n) is 4.77. The Labute approximate surface area is 126 Å². The summed E-state index contributed by atoms with van der Waals surface area (Å²) in [6, 6.07) is 9.47. The van der Waals surface area contributed by atoms with Crippen LogP contribution in [0.4, 0.5) is 0 Å². The van der Waals surface area contributed by atoms with Crippen LogP contribution in [0.5, 0.6) is 5.75 Å². The van der Waals surface area contributed by atoms with Crippen LogP contribution >= 0.6 is 0 Å². The van der Waals surface area contributed by atoms with Crippen molar-refractivity contribution >= 4 is 5.91 Å². The summed E-state index contributed by atoms with van der Waals surface area (Å²) in [4.78, 5) is 10.7. The molecule has 0 aliphatic rings. The molecule has 1 amide bonds. The minimum absolute atomic E-state index is 0.0346. The summed E-state index contributed by atoms with van der Waals surface area (Å²) in [6.07, 6.45) is 1.73. The lowest BCUT2D eigenvalue weighted by molar-refractivity contribution is -0.118. The van der Waals surface area contributed by atoms with Crippen LogP contribution < -0.4 is 15.4 Å². The lowest BCUT2D eigenvalue weighted by Gasteiger charge is -2.13. The molecule has 0 bridgehead atoms. The van der Waals surface area contributed by atoms with Gasteiger partial charge in [-0.25, -0.2) is 0 Å². The number of amides is 1. The Balaban J connectivity index is 2.48. The van der Waals surface area contributed by atoms with Crippen molar-refractivity contribution in [2.45, 2.75) is 32.7 Å². The lowest BCUT2D eigenvalue weighted by Crippen LogP contribution is -2.27. The number of nitriles is 1. The van der Waals surface area contributed by atoms with E-state index in [-0.39, 0.29) is 11.9 Å². The van der Waals surface area contributed by atoms with Crippen LogP contribution in [0.3, 0.4) is 0 Å².